The maximum atomic E-state index is 12.2. The van der Waals surface area contributed by atoms with Gasteiger partial charge in [-0.3, -0.25) is 4.57 Å². The largest absolute Gasteiger partial charge is 0.375 e. The lowest BCUT2D eigenvalue weighted by Crippen LogP contribution is -2.16. The van der Waals surface area contributed by atoms with E-state index in [4.69, 9.17) is 9.05 Å². The van der Waals surface area contributed by atoms with Gasteiger partial charge in [0.25, 0.3) is 0 Å². The van der Waals surface area contributed by atoms with Gasteiger partial charge in [0, 0.05) is 24.6 Å². The molecule has 1 fully saturated rings. The molecule has 0 radical (unpaired) electrons. The van der Waals surface area contributed by atoms with Crippen molar-refractivity contribution in [3.8, 4) is 0 Å². The van der Waals surface area contributed by atoms with Crippen molar-refractivity contribution in [3.05, 3.63) is 11.5 Å². The summed E-state index contributed by atoms with van der Waals surface area (Å²) in [6, 6.07) is 0. The maximum Gasteiger partial charge on any atom is 0.355 e. The molecule has 1 heterocycles. The quantitative estimate of drug-likeness (QED) is 0.675. The maximum absolute atomic E-state index is 12.2. The second kappa shape index (κ2) is 6.43. The number of likely N-dealkylation sites (tertiary alicyclic amines) is 1. The second-order valence-electron chi connectivity index (χ2n) is 3.84. The summed E-state index contributed by atoms with van der Waals surface area (Å²) in [5.74, 6) is 1.66. The molecular weight excluding hydrogens is 225 g/mol. The topological polar surface area (TPSA) is 38.8 Å². The van der Waals surface area contributed by atoms with Gasteiger partial charge in [-0.25, -0.2) is 0 Å². The number of hydrogen-bond donors (Lipinski definition) is 0. The van der Waals surface area contributed by atoms with Crippen LogP contribution in [0.2, 0.25) is 0 Å². The normalized spacial score (nSPS) is 18.2. The lowest BCUT2D eigenvalue weighted by Gasteiger charge is -2.20. The second-order valence-corrected chi connectivity index (χ2v) is 5.69. The van der Waals surface area contributed by atoms with Crippen molar-refractivity contribution >= 4 is 7.60 Å². The van der Waals surface area contributed by atoms with Crippen LogP contribution < -0.4 is 0 Å². The Morgan fingerprint density at radius 1 is 1.25 bits per heavy atom. The summed E-state index contributed by atoms with van der Waals surface area (Å²) in [7, 11) is -3.03. The van der Waals surface area contributed by atoms with Gasteiger partial charge in [-0.15, -0.1) is 0 Å². The Morgan fingerprint density at radius 3 is 2.19 bits per heavy atom. The van der Waals surface area contributed by atoms with E-state index in [1.54, 1.807) is 5.82 Å². The van der Waals surface area contributed by atoms with Crippen LogP contribution in [0.1, 0.15) is 33.6 Å². The van der Waals surface area contributed by atoms with Crippen LogP contribution in [0.25, 0.3) is 0 Å². The molecule has 0 unspecified atom stereocenters. The molecule has 0 N–H and O–H groups in total. The monoisotopic (exact) mass is 247 g/mol. The molecule has 0 atom stereocenters. The molecule has 0 amide bonds. The number of allylic oxidation sites excluding steroid dienone is 1. The highest BCUT2D eigenvalue weighted by Crippen LogP contribution is 2.50. The lowest BCUT2D eigenvalue weighted by molar-refractivity contribution is 0.228. The highest BCUT2D eigenvalue weighted by molar-refractivity contribution is 7.57. The average Bonchev–Trinajstić information content (AvgIpc) is 2.70. The molecule has 0 aromatic rings. The molecule has 0 aliphatic carbocycles. The van der Waals surface area contributed by atoms with Gasteiger partial charge < -0.3 is 13.9 Å². The van der Waals surface area contributed by atoms with E-state index in [1.807, 2.05) is 20.8 Å². The molecule has 0 spiro atoms. The highest BCUT2D eigenvalue weighted by atomic mass is 31.2. The Kier molecular flexibility index (Phi) is 5.53. The summed E-state index contributed by atoms with van der Waals surface area (Å²) >= 11 is 0. The van der Waals surface area contributed by atoms with Crippen molar-refractivity contribution in [1.82, 2.24) is 4.90 Å². The van der Waals surface area contributed by atoms with Gasteiger partial charge in [0.2, 0.25) is 0 Å². The van der Waals surface area contributed by atoms with E-state index in [9.17, 15) is 4.57 Å². The fourth-order valence-corrected chi connectivity index (χ4v) is 3.42. The van der Waals surface area contributed by atoms with Gasteiger partial charge in [0.05, 0.1) is 13.2 Å². The smallest absolute Gasteiger partial charge is 0.355 e. The number of nitrogens with zero attached hydrogens (tertiary/aromatic N) is 1. The van der Waals surface area contributed by atoms with E-state index in [-0.39, 0.29) is 0 Å². The first-order chi connectivity index (χ1) is 7.61. The third kappa shape index (κ3) is 3.93. The number of hydrogen-bond acceptors (Lipinski definition) is 4. The van der Waals surface area contributed by atoms with Crippen LogP contribution in [0.15, 0.2) is 11.5 Å². The molecule has 4 nitrogen and oxygen atoms in total. The molecule has 16 heavy (non-hydrogen) atoms. The van der Waals surface area contributed by atoms with Crippen LogP contribution in [-0.4, -0.2) is 31.2 Å². The summed E-state index contributed by atoms with van der Waals surface area (Å²) in [5.41, 5.74) is 1.00. The van der Waals surface area contributed by atoms with Crippen LogP contribution in [0.4, 0.5) is 0 Å². The first-order valence-corrected chi connectivity index (χ1v) is 7.55. The van der Waals surface area contributed by atoms with E-state index in [0.717, 1.165) is 18.8 Å². The summed E-state index contributed by atoms with van der Waals surface area (Å²) in [6.07, 6.45) is 2.41. The molecule has 1 aliphatic heterocycles. The highest BCUT2D eigenvalue weighted by Gasteiger charge is 2.22. The minimum atomic E-state index is -3.03. The number of rotatable bonds is 6. The predicted molar refractivity (Wildman–Crippen MR) is 65.4 cm³/mol. The van der Waals surface area contributed by atoms with E-state index in [1.165, 1.54) is 12.8 Å². The Hall–Kier alpha value is -0.310. The first kappa shape index (κ1) is 13.8. The van der Waals surface area contributed by atoms with Gasteiger partial charge in [0.1, 0.15) is 0 Å². The molecule has 1 saturated heterocycles. The average molecular weight is 247 g/mol. The Balaban J connectivity index is 2.71. The minimum absolute atomic E-state index is 0.404. The summed E-state index contributed by atoms with van der Waals surface area (Å²) < 4.78 is 22.7. The van der Waals surface area contributed by atoms with Crippen LogP contribution in [-0.2, 0) is 13.6 Å². The van der Waals surface area contributed by atoms with E-state index < -0.39 is 7.60 Å². The van der Waals surface area contributed by atoms with E-state index >= 15 is 0 Å². The van der Waals surface area contributed by atoms with Gasteiger partial charge in [-0.05, 0) is 33.6 Å². The summed E-state index contributed by atoms with van der Waals surface area (Å²) in [6.45, 7) is 8.51. The molecule has 5 heteroatoms. The van der Waals surface area contributed by atoms with Crippen molar-refractivity contribution in [2.45, 2.75) is 33.6 Å². The van der Waals surface area contributed by atoms with Crippen molar-refractivity contribution < 1.29 is 13.6 Å². The summed E-state index contributed by atoms with van der Waals surface area (Å²) in [5, 5.41) is 0. The van der Waals surface area contributed by atoms with E-state index in [2.05, 4.69) is 4.90 Å². The molecule has 0 bridgehead atoms. The van der Waals surface area contributed by atoms with Crippen LogP contribution in [0.3, 0.4) is 0 Å². The van der Waals surface area contributed by atoms with Gasteiger partial charge in [-0.1, -0.05) is 0 Å². The zero-order valence-corrected chi connectivity index (χ0v) is 11.3. The van der Waals surface area contributed by atoms with Gasteiger partial charge in [0.15, 0.2) is 0 Å². The third-order valence-corrected chi connectivity index (χ3v) is 4.49. The molecule has 94 valence electrons. The van der Waals surface area contributed by atoms with E-state index in [0.29, 0.717) is 13.2 Å². The SMILES string of the molecule is CCOP(=O)(/C=C(\C)N1CCCC1)OCC. The van der Waals surface area contributed by atoms with Crippen molar-refractivity contribution in [3.63, 3.8) is 0 Å². The van der Waals surface area contributed by atoms with Crippen LogP contribution in [0.5, 0.6) is 0 Å². The third-order valence-electron chi connectivity index (χ3n) is 2.57. The zero-order valence-electron chi connectivity index (χ0n) is 10.4. The zero-order chi connectivity index (χ0) is 12.0. The van der Waals surface area contributed by atoms with Gasteiger partial charge in [-0.2, -0.15) is 0 Å². The first-order valence-electron chi connectivity index (χ1n) is 5.94. The van der Waals surface area contributed by atoms with Gasteiger partial charge >= 0.3 is 7.60 Å². The summed E-state index contributed by atoms with van der Waals surface area (Å²) in [4.78, 5) is 2.23. The standard InChI is InChI=1S/C11H22NO3P/c1-4-14-16(13,15-5-2)10-11(3)12-8-6-7-9-12/h10H,4-9H2,1-3H3/b11-10+. The Labute approximate surface area is 98.1 Å². The Morgan fingerprint density at radius 2 is 1.75 bits per heavy atom. The van der Waals surface area contributed by atoms with Crippen molar-refractivity contribution in [1.29, 1.82) is 0 Å². The molecule has 1 aliphatic rings. The molecular formula is C11H22NO3P. The van der Waals surface area contributed by atoms with Crippen LogP contribution >= 0.6 is 7.60 Å². The fraction of sp³-hybridized carbons (Fsp3) is 0.818. The lowest BCUT2D eigenvalue weighted by atomic mass is 10.4. The van der Waals surface area contributed by atoms with Crippen molar-refractivity contribution in [2.24, 2.45) is 0 Å². The van der Waals surface area contributed by atoms with Crippen molar-refractivity contribution in [2.75, 3.05) is 26.3 Å². The predicted octanol–water partition coefficient (Wildman–Crippen LogP) is 3.21. The molecule has 0 saturated carbocycles. The Bertz CT molecular complexity index is 275. The fourth-order valence-electron chi connectivity index (χ4n) is 1.85. The molecule has 1 rings (SSSR count). The molecule has 0 aromatic carbocycles. The minimum Gasteiger partial charge on any atom is -0.375 e. The molecule has 0 aromatic heterocycles. The van der Waals surface area contributed by atoms with Crippen LogP contribution in [0, 0.1) is 0 Å².